The summed E-state index contributed by atoms with van der Waals surface area (Å²) < 4.78 is 0. The summed E-state index contributed by atoms with van der Waals surface area (Å²) in [5.41, 5.74) is 0. The molecule has 0 aromatic rings. The topological polar surface area (TPSA) is 98.0 Å². The van der Waals surface area contributed by atoms with E-state index in [2.05, 4.69) is 0 Å². The average Bonchev–Trinajstić information content (AvgIpc) is 1.33. The minimum Gasteiger partial charge on any atom is -0.665 e. The van der Waals surface area contributed by atoms with Crippen molar-refractivity contribution in [2.75, 3.05) is 0 Å². The molecule has 0 aliphatic carbocycles. The minimum atomic E-state index is -2.17. The molecule has 4 N–H and O–H groups in total. The van der Waals surface area contributed by atoms with Crippen molar-refractivity contribution in [2.45, 2.75) is 0 Å². The Morgan fingerprint density at radius 2 is 1.25 bits per heavy atom. The molecule has 0 amide bonds. The molecule has 0 atom stereocenters. The van der Waals surface area contributed by atoms with Gasteiger partial charge in [0.15, 0.2) is 0 Å². The Balaban J connectivity index is -0.0000000575. The van der Waals surface area contributed by atoms with Gasteiger partial charge >= 0.3 is 26.2 Å². The summed E-state index contributed by atoms with van der Waals surface area (Å²) in [4.78, 5) is 8.24. The molecular formula is CH4BLiO5. The summed E-state index contributed by atoms with van der Waals surface area (Å²) in [7, 11) is -2.17. The number of hydrogen-bond acceptors (Lipinski definition) is 4. The smallest absolute Gasteiger partial charge is 0.665 e. The van der Waals surface area contributed by atoms with Gasteiger partial charge in [0.25, 0.3) is 0 Å². The maximum atomic E-state index is 8.24. The second kappa shape index (κ2) is 15.7. The number of hydrogen-bond donors (Lipinski definition) is 4. The van der Waals surface area contributed by atoms with Crippen molar-refractivity contribution < 1.29 is 43.8 Å². The van der Waals surface area contributed by atoms with E-state index in [0.717, 1.165) is 0 Å². The molecule has 7 heteroatoms. The van der Waals surface area contributed by atoms with Gasteiger partial charge in [-0.15, -0.1) is 0 Å². The zero-order valence-corrected chi connectivity index (χ0v) is 4.27. The molecular weight excluding hydrogens is 110 g/mol. The molecule has 0 aliphatic rings. The summed E-state index contributed by atoms with van der Waals surface area (Å²) in [6, 6.07) is 0. The Hall–Kier alpha value is 0.0123. The fourth-order valence-corrected chi connectivity index (χ4v) is 0. The van der Waals surface area contributed by atoms with Crippen LogP contribution in [0, 0.1) is 0 Å². The Morgan fingerprint density at radius 1 is 1.25 bits per heavy atom. The van der Waals surface area contributed by atoms with E-state index in [0.29, 0.717) is 6.47 Å². The van der Waals surface area contributed by atoms with Crippen LogP contribution in [-0.4, -0.2) is 34.0 Å². The summed E-state index contributed by atoms with van der Waals surface area (Å²) in [6.45, 7) is 0.500. The number of rotatable bonds is 0. The van der Waals surface area contributed by atoms with Crippen molar-refractivity contribution in [3.8, 4) is 0 Å². The van der Waals surface area contributed by atoms with Crippen LogP contribution in [0.4, 0.5) is 0 Å². The molecule has 0 rings (SSSR count). The van der Waals surface area contributed by atoms with Crippen LogP contribution in [0.25, 0.3) is 0 Å². The minimum absolute atomic E-state index is 0. The van der Waals surface area contributed by atoms with E-state index < -0.39 is 7.32 Å². The quantitative estimate of drug-likeness (QED) is 0.186. The molecule has 0 bridgehead atoms. The summed E-state index contributed by atoms with van der Waals surface area (Å²) >= 11 is 0. The van der Waals surface area contributed by atoms with Crippen molar-refractivity contribution in [2.24, 2.45) is 0 Å². The first-order valence-electron chi connectivity index (χ1n) is 1.20. The van der Waals surface area contributed by atoms with Gasteiger partial charge in [0.05, 0.1) is 0 Å². The van der Waals surface area contributed by atoms with Gasteiger partial charge in [-0.25, -0.2) is 0 Å². The van der Waals surface area contributed by atoms with Gasteiger partial charge in [0.1, 0.15) is 0 Å². The number of aliphatic hydroxyl groups excluding tert-OH is 1. The van der Waals surface area contributed by atoms with E-state index in [1.54, 1.807) is 0 Å². The molecule has 8 heavy (non-hydrogen) atoms. The predicted molar refractivity (Wildman–Crippen MR) is 20.7 cm³/mol. The van der Waals surface area contributed by atoms with Gasteiger partial charge < -0.3 is 25.0 Å². The standard InChI is InChI=1S/CHO2.BH3O3.Li/c2-1-3;2-1(3)4;/h(H,2,3);2-4H;/q-1;;+1. The molecule has 0 heterocycles. The predicted octanol–water partition coefficient (Wildman–Crippen LogP) is -5.44. The van der Waals surface area contributed by atoms with E-state index in [1.165, 1.54) is 0 Å². The van der Waals surface area contributed by atoms with Crippen LogP contribution in [0.2, 0.25) is 0 Å². The van der Waals surface area contributed by atoms with Gasteiger partial charge in [0.2, 0.25) is 0 Å². The van der Waals surface area contributed by atoms with Crippen LogP contribution in [0.1, 0.15) is 0 Å². The molecule has 0 aromatic carbocycles. The average molecular weight is 114 g/mol. The Labute approximate surface area is 58.3 Å². The summed E-state index contributed by atoms with van der Waals surface area (Å²) in [6.07, 6.45) is 0. The first-order chi connectivity index (χ1) is 3.15. The van der Waals surface area contributed by atoms with Crippen LogP contribution in [0.5, 0.6) is 0 Å². The first kappa shape index (κ1) is 15.7. The molecule has 0 spiro atoms. The third kappa shape index (κ3) is 992000. The molecule has 0 saturated heterocycles. The van der Waals surface area contributed by atoms with Crippen molar-refractivity contribution in [3.63, 3.8) is 0 Å². The second-order valence-corrected chi connectivity index (χ2v) is 0.438. The summed E-state index contributed by atoms with van der Waals surface area (Å²) in [5, 5.41) is 28.3. The fourth-order valence-electron chi connectivity index (χ4n) is 0. The molecule has 0 aromatic heterocycles. The SMILES string of the molecule is O=[C-]O.OB(O)O.[Li+]. The monoisotopic (exact) mass is 114 g/mol. The van der Waals surface area contributed by atoms with Crippen molar-refractivity contribution in [1.82, 2.24) is 0 Å². The molecule has 0 aliphatic heterocycles. The molecule has 0 saturated carbocycles. The molecule has 0 radical (unpaired) electrons. The first-order valence-corrected chi connectivity index (χ1v) is 1.20. The largest absolute Gasteiger partial charge is 1.00 e. The molecule has 5 nitrogen and oxygen atoms in total. The maximum Gasteiger partial charge on any atom is 1.00 e. The second-order valence-electron chi connectivity index (χ2n) is 0.438. The van der Waals surface area contributed by atoms with Gasteiger partial charge in [-0.1, -0.05) is 6.47 Å². The van der Waals surface area contributed by atoms with E-state index in [4.69, 9.17) is 25.0 Å². The molecule has 0 unspecified atom stereocenters. The van der Waals surface area contributed by atoms with Crippen molar-refractivity contribution in [3.05, 3.63) is 0 Å². The van der Waals surface area contributed by atoms with Crippen molar-refractivity contribution in [1.29, 1.82) is 0 Å². The van der Waals surface area contributed by atoms with E-state index in [-0.39, 0.29) is 18.9 Å². The van der Waals surface area contributed by atoms with E-state index in [9.17, 15) is 0 Å². The maximum absolute atomic E-state index is 8.24. The molecule has 42 valence electrons. The van der Waals surface area contributed by atoms with E-state index in [1.807, 2.05) is 0 Å². The van der Waals surface area contributed by atoms with Crippen LogP contribution in [-0.2, 0) is 4.79 Å². The Bertz CT molecular complexity index is 36.7. The van der Waals surface area contributed by atoms with Gasteiger partial charge in [-0.2, -0.15) is 0 Å². The summed E-state index contributed by atoms with van der Waals surface area (Å²) in [5.74, 6) is 0. The normalized spacial score (nSPS) is 4.88. The zero-order valence-electron chi connectivity index (χ0n) is 4.27. The van der Waals surface area contributed by atoms with Crippen LogP contribution in [0.3, 0.4) is 0 Å². The van der Waals surface area contributed by atoms with E-state index >= 15 is 0 Å². The molecule has 0 fully saturated rings. The van der Waals surface area contributed by atoms with Gasteiger partial charge in [0, 0.05) is 0 Å². The third-order valence-corrected chi connectivity index (χ3v) is 0. The van der Waals surface area contributed by atoms with Crippen LogP contribution >= 0.6 is 0 Å². The Kier molecular flexibility index (Phi) is 30.9. The third-order valence-electron chi connectivity index (χ3n) is 0. The Morgan fingerprint density at radius 3 is 1.25 bits per heavy atom. The van der Waals surface area contributed by atoms with Crippen molar-refractivity contribution >= 4 is 13.8 Å². The fraction of sp³-hybridized carbons (Fsp3) is 0. The zero-order chi connectivity index (χ0) is 6.28. The van der Waals surface area contributed by atoms with Gasteiger partial charge in [-0.05, 0) is 0 Å². The van der Waals surface area contributed by atoms with Crippen LogP contribution in [0.15, 0.2) is 0 Å². The van der Waals surface area contributed by atoms with Crippen LogP contribution < -0.4 is 18.9 Å². The van der Waals surface area contributed by atoms with Gasteiger partial charge in [-0.3, -0.25) is 0 Å².